The molecule has 0 fully saturated rings. The molecule has 0 aliphatic rings. The number of nitrogen functional groups attached to an aromatic ring is 1. The van der Waals surface area contributed by atoms with Crippen LogP contribution in [0, 0.1) is 0 Å². The number of nitrogens with one attached hydrogen (secondary N) is 1. The summed E-state index contributed by atoms with van der Waals surface area (Å²) in [5.74, 6) is 6.54. The molecular weight excluding hydrogens is 286 g/mol. The molecule has 112 valence electrons. The zero-order valence-corrected chi connectivity index (χ0v) is 12.7. The number of rotatable bonds is 6. The second-order valence-corrected chi connectivity index (χ2v) is 5.23. The van der Waals surface area contributed by atoms with Gasteiger partial charge in [0.25, 0.3) is 0 Å². The van der Waals surface area contributed by atoms with E-state index in [0.29, 0.717) is 17.3 Å². The number of ether oxygens (including phenoxy) is 1. The van der Waals surface area contributed by atoms with E-state index in [0.717, 1.165) is 23.3 Å². The normalized spacial score (nSPS) is 12.1. The summed E-state index contributed by atoms with van der Waals surface area (Å²) < 4.78 is 5.57. The minimum atomic E-state index is -0.192. The predicted octanol–water partition coefficient (Wildman–Crippen LogP) is 3.26. The summed E-state index contributed by atoms with van der Waals surface area (Å²) in [6.07, 6.45) is 0.982. The number of benzene rings is 2. The summed E-state index contributed by atoms with van der Waals surface area (Å²) in [5, 5.41) is 0.607. The third kappa shape index (κ3) is 3.88. The van der Waals surface area contributed by atoms with Gasteiger partial charge in [-0.15, -0.1) is 0 Å². The highest BCUT2D eigenvalue weighted by Crippen LogP contribution is 2.29. The second kappa shape index (κ2) is 7.31. The van der Waals surface area contributed by atoms with Crippen LogP contribution in [-0.4, -0.2) is 6.61 Å². The van der Waals surface area contributed by atoms with Gasteiger partial charge in [0, 0.05) is 10.7 Å². The molecule has 0 amide bonds. The van der Waals surface area contributed by atoms with Crippen molar-refractivity contribution in [3.8, 4) is 5.75 Å². The van der Waals surface area contributed by atoms with Gasteiger partial charge in [-0.3, -0.25) is 5.84 Å². The van der Waals surface area contributed by atoms with Crippen LogP contribution in [-0.2, 0) is 0 Å². The molecule has 0 bridgehead atoms. The van der Waals surface area contributed by atoms with E-state index in [4.69, 9.17) is 27.9 Å². The van der Waals surface area contributed by atoms with Gasteiger partial charge in [-0.2, -0.15) is 0 Å². The molecule has 1 atom stereocenters. The predicted molar refractivity (Wildman–Crippen MR) is 87.3 cm³/mol. The Kier molecular flexibility index (Phi) is 5.44. The maximum absolute atomic E-state index is 6.03. The molecule has 0 saturated carbocycles. The zero-order valence-electron chi connectivity index (χ0n) is 12.0. The highest BCUT2D eigenvalue weighted by molar-refractivity contribution is 6.30. The fourth-order valence-corrected chi connectivity index (χ4v) is 2.33. The number of hydrazine groups is 1. The van der Waals surface area contributed by atoms with E-state index < -0.39 is 0 Å². The SMILES string of the molecule is CCCOc1ccc(C(NN)c2ccc(Cl)cc2N)cc1. The van der Waals surface area contributed by atoms with Gasteiger partial charge in [-0.1, -0.05) is 36.7 Å². The maximum atomic E-state index is 6.03. The molecule has 0 spiro atoms. The molecule has 21 heavy (non-hydrogen) atoms. The molecule has 2 aromatic carbocycles. The van der Waals surface area contributed by atoms with E-state index in [1.54, 1.807) is 12.1 Å². The molecule has 4 nitrogen and oxygen atoms in total. The van der Waals surface area contributed by atoms with E-state index in [1.807, 2.05) is 30.3 Å². The maximum Gasteiger partial charge on any atom is 0.119 e. The van der Waals surface area contributed by atoms with Crippen LogP contribution in [0.2, 0.25) is 5.02 Å². The van der Waals surface area contributed by atoms with Crippen molar-refractivity contribution >= 4 is 17.3 Å². The lowest BCUT2D eigenvalue weighted by Crippen LogP contribution is -2.29. The molecule has 0 aromatic heterocycles. The average molecular weight is 306 g/mol. The second-order valence-electron chi connectivity index (χ2n) is 4.79. The number of hydrogen-bond acceptors (Lipinski definition) is 4. The molecule has 0 aliphatic carbocycles. The average Bonchev–Trinajstić information content (AvgIpc) is 2.49. The summed E-state index contributed by atoms with van der Waals surface area (Å²) in [6, 6.07) is 13.0. The quantitative estimate of drug-likeness (QED) is 0.435. The number of anilines is 1. The number of nitrogens with two attached hydrogens (primary N) is 2. The van der Waals surface area contributed by atoms with Crippen LogP contribution < -0.4 is 21.7 Å². The first kappa shape index (κ1) is 15.6. The van der Waals surface area contributed by atoms with Gasteiger partial charge < -0.3 is 10.5 Å². The van der Waals surface area contributed by atoms with Crippen molar-refractivity contribution in [3.63, 3.8) is 0 Å². The van der Waals surface area contributed by atoms with Crippen LogP contribution in [0.3, 0.4) is 0 Å². The van der Waals surface area contributed by atoms with Crippen LogP contribution in [0.15, 0.2) is 42.5 Å². The lowest BCUT2D eigenvalue weighted by Gasteiger charge is -2.19. The minimum absolute atomic E-state index is 0.192. The lowest BCUT2D eigenvalue weighted by atomic mass is 9.98. The Morgan fingerprint density at radius 3 is 2.48 bits per heavy atom. The van der Waals surface area contributed by atoms with Crippen LogP contribution in [0.1, 0.15) is 30.5 Å². The molecule has 2 rings (SSSR count). The van der Waals surface area contributed by atoms with Gasteiger partial charge in [0.15, 0.2) is 0 Å². The van der Waals surface area contributed by atoms with Gasteiger partial charge in [-0.25, -0.2) is 5.43 Å². The van der Waals surface area contributed by atoms with E-state index >= 15 is 0 Å². The first-order valence-corrected chi connectivity index (χ1v) is 7.27. The Hall–Kier alpha value is -1.75. The molecule has 0 radical (unpaired) electrons. The molecule has 1 unspecified atom stereocenters. The van der Waals surface area contributed by atoms with E-state index in [9.17, 15) is 0 Å². The molecular formula is C16H20ClN3O. The molecule has 0 saturated heterocycles. The number of hydrogen-bond donors (Lipinski definition) is 3. The Balaban J connectivity index is 2.24. The van der Waals surface area contributed by atoms with Crippen LogP contribution in [0.5, 0.6) is 5.75 Å². The molecule has 0 aliphatic heterocycles. The Morgan fingerprint density at radius 1 is 1.19 bits per heavy atom. The van der Waals surface area contributed by atoms with Crippen molar-refractivity contribution in [2.24, 2.45) is 5.84 Å². The monoisotopic (exact) mass is 305 g/mol. The van der Waals surface area contributed by atoms with Gasteiger partial charge in [-0.05, 0) is 41.8 Å². The standard InChI is InChI=1S/C16H20ClN3O/c1-2-9-21-13-6-3-11(4-7-13)16(20-19)14-8-5-12(17)10-15(14)18/h3-8,10,16,20H,2,9,18-19H2,1H3. The minimum Gasteiger partial charge on any atom is -0.494 e. The summed E-state index contributed by atoms with van der Waals surface area (Å²) in [7, 11) is 0. The smallest absolute Gasteiger partial charge is 0.119 e. The molecule has 0 heterocycles. The van der Waals surface area contributed by atoms with E-state index in [2.05, 4.69) is 12.3 Å². The summed E-state index contributed by atoms with van der Waals surface area (Å²) >= 11 is 5.93. The highest BCUT2D eigenvalue weighted by atomic mass is 35.5. The Bertz CT molecular complexity index is 587. The number of halogens is 1. The van der Waals surface area contributed by atoms with Crippen LogP contribution >= 0.6 is 11.6 Å². The molecule has 2 aromatic rings. The summed E-state index contributed by atoms with van der Waals surface area (Å²) in [5.41, 5.74) is 11.3. The first-order valence-electron chi connectivity index (χ1n) is 6.89. The summed E-state index contributed by atoms with van der Waals surface area (Å²) in [4.78, 5) is 0. The van der Waals surface area contributed by atoms with Gasteiger partial charge in [0.2, 0.25) is 0 Å². The van der Waals surface area contributed by atoms with Gasteiger partial charge >= 0.3 is 0 Å². The topological polar surface area (TPSA) is 73.3 Å². The van der Waals surface area contributed by atoms with Crippen molar-refractivity contribution < 1.29 is 4.74 Å². The zero-order chi connectivity index (χ0) is 15.2. The van der Waals surface area contributed by atoms with Crippen LogP contribution in [0.25, 0.3) is 0 Å². The van der Waals surface area contributed by atoms with Crippen molar-refractivity contribution in [1.29, 1.82) is 0 Å². The van der Waals surface area contributed by atoms with Gasteiger partial charge in [0.05, 0.1) is 12.6 Å². The van der Waals surface area contributed by atoms with E-state index in [-0.39, 0.29) is 6.04 Å². The van der Waals surface area contributed by atoms with E-state index in [1.165, 1.54) is 0 Å². The largest absolute Gasteiger partial charge is 0.494 e. The van der Waals surface area contributed by atoms with Gasteiger partial charge in [0.1, 0.15) is 5.75 Å². The fraction of sp³-hybridized carbons (Fsp3) is 0.250. The summed E-state index contributed by atoms with van der Waals surface area (Å²) in [6.45, 7) is 2.79. The Morgan fingerprint density at radius 2 is 1.90 bits per heavy atom. The van der Waals surface area contributed by atoms with Crippen LogP contribution in [0.4, 0.5) is 5.69 Å². The fourth-order valence-electron chi connectivity index (χ4n) is 2.15. The third-order valence-corrected chi connectivity index (χ3v) is 3.45. The van der Waals surface area contributed by atoms with Crippen molar-refractivity contribution in [2.45, 2.75) is 19.4 Å². The Labute approximate surface area is 130 Å². The van der Waals surface area contributed by atoms with Crippen molar-refractivity contribution in [3.05, 3.63) is 58.6 Å². The lowest BCUT2D eigenvalue weighted by molar-refractivity contribution is 0.317. The molecule has 5 N–H and O–H groups in total. The third-order valence-electron chi connectivity index (χ3n) is 3.21. The highest BCUT2D eigenvalue weighted by Gasteiger charge is 2.15. The molecule has 5 heteroatoms. The first-order chi connectivity index (χ1) is 10.2. The van der Waals surface area contributed by atoms with Crippen molar-refractivity contribution in [2.75, 3.05) is 12.3 Å². The van der Waals surface area contributed by atoms with Crippen molar-refractivity contribution in [1.82, 2.24) is 5.43 Å².